The maximum absolute atomic E-state index is 11.9. The standard InChI is InChI=1S/C13H23N3O2/c1-4-5-12(10-14)15-6-8-16(9-7-15)13(17)11(2)18-3/h11-12H,4-9H2,1-3H3. The lowest BCUT2D eigenvalue weighted by Gasteiger charge is -2.37. The van der Waals surface area contributed by atoms with E-state index in [0.29, 0.717) is 13.1 Å². The minimum absolute atomic E-state index is 0.00731. The molecule has 0 aromatic rings. The molecule has 1 rings (SSSR count). The van der Waals surface area contributed by atoms with Gasteiger partial charge in [-0.2, -0.15) is 5.26 Å². The van der Waals surface area contributed by atoms with E-state index in [1.165, 1.54) is 0 Å². The van der Waals surface area contributed by atoms with E-state index in [9.17, 15) is 4.79 Å². The van der Waals surface area contributed by atoms with Gasteiger partial charge in [0.2, 0.25) is 0 Å². The average molecular weight is 253 g/mol. The predicted octanol–water partition coefficient (Wildman–Crippen LogP) is 0.858. The number of rotatable bonds is 5. The van der Waals surface area contributed by atoms with Crippen LogP contribution in [-0.2, 0) is 9.53 Å². The molecule has 5 nitrogen and oxygen atoms in total. The van der Waals surface area contributed by atoms with E-state index in [-0.39, 0.29) is 18.1 Å². The molecule has 0 spiro atoms. The molecule has 2 atom stereocenters. The molecular weight excluding hydrogens is 230 g/mol. The normalized spacial score (nSPS) is 20.2. The van der Waals surface area contributed by atoms with Crippen molar-refractivity contribution in [3.63, 3.8) is 0 Å². The molecule has 1 heterocycles. The molecule has 0 radical (unpaired) electrons. The summed E-state index contributed by atoms with van der Waals surface area (Å²) in [5.41, 5.74) is 0. The third-order valence-electron chi connectivity index (χ3n) is 3.48. The van der Waals surface area contributed by atoms with Crippen LogP contribution in [0.2, 0.25) is 0 Å². The second kappa shape index (κ2) is 7.34. The van der Waals surface area contributed by atoms with Gasteiger partial charge in [-0.05, 0) is 13.3 Å². The molecule has 2 unspecified atom stereocenters. The van der Waals surface area contributed by atoms with Crippen LogP contribution in [0.5, 0.6) is 0 Å². The van der Waals surface area contributed by atoms with Crippen molar-refractivity contribution in [2.45, 2.75) is 38.8 Å². The van der Waals surface area contributed by atoms with Gasteiger partial charge in [-0.1, -0.05) is 13.3 Å². The fraction of sp³-hybridized carbons (Fsp3) is 0.846. The topological polar surface area (TPSA) is 56.6 Å². The van der Waals surface area contributed by atoms with Gasteiger partial charge >= 0.3 is 0 Å². The molecule has 1 amide bonds. The Morgan fingerprint density at radius 1 is 1.39 bits per heavy atom. The Morgan fingerprint density at radius 2 is 2.00 bits per heavy atom. The Balaban J connectivity index is 2.46. The molecule has 5 heteroatoms. The van der Waals surface area contributed by atoms with E-state index < -0.39 is 0 Å². The third kappa shape index (κ3) is 3.69. The van der Waals surface area contributed by atoms with Crippen LogP contribution >= 0.6 is 0 Å². The highest BCUT2D eigenvalue weighted by Gasteiger charge is 2.27. The molecule has 0 saturated carbocycles. The van der Waals surface area contributed by atoms with Gasteiger partial charge < -0.3 is 9.64 Å². The van der Waals surface area contributed by atoms with Crippen LogP contribution in [0, 0.1) is 11.3 Å². The van der Waals surface area contributed by atoms with Crippen LogP contribution in [0.1, 0.15) is 26.7 Å². The Labute approximate surface area is 109 Å². The van der Waals surface area contributed by atoms with Gasteiger partial charge in [0.25, 0.3) is 5.91 Å². The Morgan fingerprint density at radius 3 is 2.44 bits per heavy atom. The predicted molar refractivity (Wildman–Crippen MR) is 68.9 cm³/mol. The van der Waals surface area contributed by atoms with Crippen molar-refractivity contribution in [2.75, 3.05) is 33.3 Å². The summed E-state index contributed by atoms with van der Waals surface area (Å²) in [7, 11) is 1.55. The zero-order valence-electron chi connectivity index (χ0n) is 11.6. The highest BCUT2D eigenvalue weighted by molar-refractivity contribution is 5.80. The number of piperazine rings is 1. The van der Waals surface area contributed by atoms with Gasteiger partial charge in [0.15, 0.2) is 0 Å². The lowest BCUT2D eigenvalue weighted by Crippen LogP contribution is -2.53. The van der Waals surface area contributed by atoms with Gasteiger partial charge in [-0.15, -0.1) is 0 Å². The molecule has 1 aliphatic rings. The van der Waals surface area contributed by atoms with E-state index in [1.807, 2.05) is 4.90 Å². The highest BCUT2D eigenvalue weighted by atomic mass is 16.5. The maximum Gasteiger partial charge on any atom is 0.251 e. The number of nitriles is 1. The summed E-state index contributed by atoms with van der Waals surface area (Å²) in [6.07, 6.45) is 1.54. The number of hydrogen-bond acceptors (Lipinski definition) is 4. The summed E-state index contributed by atoms with van der Waals surface area (Å²) in [5.74, 6) is 0.0427. The Kier molecular flexibility index (Phi) is 6.10. The van der Waals surface area contributed by atoms with Crippen LogP contribution < -0.4 is 0 Å². The van der Waals surface area contributed by atoms with E-state index in [2.05, 4.69) is 17.9 Å². The Bertz CT molecular complexity index is 306. The third-order valence-corrected chi connectivity index (χ3v) is 3.48. The molecular formula is C13H23N3O2. The van der Waals surface area contributed by atoms with E-state index in [4.69, 9.17) is 10.00 Å². The summed E-state index contributed by atoms with van der Waals surface area (Å²) in [5, 5.41) is 9.12. The minimum atomic E-state index is -0.376. The largest absolute Gasteiger partial charge is 0.372 e. The second-order valence-corrected chi connectivity index (χ2v) is 4.67. The van der Waals surface area contributed by atoms with Gasteiger partial charge in [0, 0.05) is 33.3 Å². The summed E-state index contributed by atoms with van der Waals surface area (Å²) < 4.78 is 5.04. The second-order valence-electron chi connectivity index (χ2n) is 4.67. The molecule has 1 fully saturated rings. The van der Waals surface area contributed by atoms with Gasteiger partial charge in [0.05, 0.1) is 12.1 Å². The van der Waals surface area contributed by atoms with Crippen molar-refractivity contribution >= 4 is 5.91 Å². The lowest BCUT2D eigenvalue weighted by molar-refractivity contribution is -0.142. The van der Waals surface area contributed by atoms with Crippen LogP contribution in [0.4, 0.5) is 0 Å². The van der Waals surface area contributed by atoms with Gasteiger partial charge in [-0.25, -0.2) is 0 Å². The molecule has 18 heavy (non-hydrogen) atoms. The quantitative estimate of drug-likeness (QED) is 0.729. The smallest absolute Gasteiger partial charge is 0.251 e. The molecule has 0 aliphatic carbocycles. The van der Waals surface area contributed by atoms with Crippen molar-refractivity contribution in [1.82, 2.24) is 9.80 Å². The average Bonchev–Trinajstić information content (AvgIpc) is 2.43. The van der Waals surface area contributed by atoms with Crippen molar-refractivity contribution < 1.29 is 9.53 Å². The number of hydrogen-bond donors (Lipinski definition) is 0. The van der Waals surface area contributed by atoms with Crippen LogP contribution in [0.3, 0.4) is 0 Å². The number of carbonyl (C=O) groups excluding carboxylic acids is 1. The van der Waals surface area contributed by atoms with Crippen molar-refractivity contribution in [3.8, 4) is 6.07 Å². The number of nitrogens with zero attached hydrogens (tertiary/aromatic N) is 3. The molecule has 0 aromatic carbocycles. The fourth-order valence-electron chi connectivity index (χ4n) is 2.21. The maximum atomic E-state index is 11.9. The highest BCUT2D eigenvalue weighted by Crippen LogP contribution is 2.11. The van der Waals surface area contributed by atoms with Gasteiger partial charge in [0.1, 0.15) is 6.10 Å². The van der Waals surface area contributed by atoms with E-state index in [1.54, 1.807) is 14.0 Å². The molecule has 0 aromatic heterocycles. The number of ether oxygens (including phenoxy) is 1. The first kappa shape index (κ1) is 14.9. The monoisotopic (exact) mass is 253 g/mol. The van der Waals surface area contributed by atoms with Crippen molar-refractivity contribution in [2.24, 2.45) is 0 Å². The van der Waals surface area contributed by atoms with Crippen LogP contribution in [0.25, 0.3) is 0 Å². The SMILES string of the molecule is CCCC(C#N)N1CCN(C(=O)C(C)OC)CC1. The van der Waals surface area contributed by atoms with Crippen molar-refractivity contribution in [3.05, 3.63) is 0 Å². The first-order chi connectivity index (χ1) is 8.63. The summed E-state index contributed by atoms with van der Waals surface area (Å²) in [4.78, 5) is 15.9. The summed E-state index contributed by atoms with van der Waals surface area (Å²) >= 11 is 0. The van der Waals surface area contributed by atoms with E-state index >= 15 is 0 Å². The zero-order valence-corrected chi connectivity index (χ0v) is 11.6. The number of methoxy groups -OCH3 is 1. The fourth-order valence-corrected chi connectivity index (χ4v) is 2.21. The molecule has 1 aliphatic heterocycles. The molecule has 1 saturated heterocycles. The first-order valence-electron chi connectivity index (χ1n) is 6.59. The van der Waals surface area contributed by atoms with Gasteiger partial charge in [-0.3, -0.25) is 9.69 Å². The molecule has 0 N–H and O–H groups in total. The summed E-state index contributed by atoms with van der Waals surface area (Å²) in [6, 6.07) is 2.34. The Hall–Kier alpha value is -1.12. The zero-order chi connectivity index (χ0) is 13.5. The molecule has 102 valence electrons. The van der Waals surface area contributed by atoms with Crippen LogP contribution in [0.15, 0.2) is 0 Å². The van der Waals surface area contributed by atoms with Crippen LogP contribution in [-0.4, -0.2) is 61.1 Å². The summed E-state index contributed by atoms with van der Waals surface area (Å²) in [6.45, 7) is 6.79. The lowest BCUT2D eigenvalue weighted by atomic mass is 10.1. The van der Waals surface area contributed by atoms with Crippen molar-refractivity contribution in [1.29, 1.82) is 5.26 Å². The molecule has 0 bridgehead atoms. The van der Waals surface area contributed by atoms with E-state index in [0.717, 1.165) is 25.9 Å². The minimum Gasteiger partial charge on any atom is -0.372 e. The number of amides is 1. The first-order valence-corrected chi connectivity index (χ1v) is 6.59. The number of carbonyl (C=O) groups is 1.